The van der Waals surface area contributed by atoms with E-state index in [1.807, 2.05) is 20.8 Å². The lowest BCUT2D eigenvalue weighted by Crippen LogP contribution is -2.40. The van der Waals surface area contributed by atoms with Crippen molar-refractivity contribution >= 4 is 32.7 Å². The molecule has 0 bridgehead atoms. The number of morpholine rings is 1. The first kappa shape index (κ1) is 21.4. The van der Waals surface area contributed by atoms with E-state index in [0.717, 1.165) is 0 Å². The standard InChI is InChI=1S/C21H25N5O4S/c1-14(2)26-20-19(13-22-26)18(12-15(3)23-20)21(27)24-16-4-6-17(7-5-16)31(28,29)25-8-10-30-11-9-25/h4-7,12-14H,8-11H2,1-3H3,(H,24,27). The minimum Gasteiger partial charge on any atom is -0.379 e. The van der Waals surface area contributed by atoms with Crippen LogP contribution in [0.5, 0.6) is 0 Å². The van der Waals surface area contributed by atoms with E-state index in [1.165, 1.54) is 16.4 Å². The van der Waals surface area contributed by atoms with Crippen molar-refractivity contribution in [3.8, 4) is 0 Å². The number of sulfonamides is 1. The van der Waals surface area contributed by atoms with Crippen LogP contribution in [0.25, 0.3) is 11.0 Å². The van der Waals surface area contributed by atoms with Crippen LogP contribution in [0.4, 0.5) is 5.69 Å². The summed E-state index contributed by atoms with van der Waals surface area (Å²) in [6.07, 6.45) is 1.65. The van der Waals surface area contributed by atoms with Crippen LogP contribution in [-0.2, 0) is 14.8 Å². The smallest absolute Gasteiger partial charge is 0.256 e. The molecule has 4 rings (SSSR count). The Labute approximate surface area is 181 Å². The van der Waals surface area contributed by atoms with E-state index in [9.17, 15) is 13.2 Å². The molecule has 0 spiro atoms. The summed E-state index contributed by atoms with van der Waals surface area (Å²) in [5, 5.41) is 7.87. The monoisotopic (exact) mass is 443 g/mol. The molecule has 0 radical (unpaired) electrons. The van der Waals surface area contributed by atoms with Gasteiger partial charge in [-0.15, -0.1) is 0 Å². The number of hydrogen-bond donors (Lipinski definition) is 1. The number of pyridine rings is 1. The summed E-state index contributed by atoms with van der Waals surface area (Å²) in [5.41, 5.74) is 2.35. The van der Waals surface area contributed by atoms with E-state index in [-0.39, 0.29) is 16.8 Å². The van der Waals surface area contributed by atoms with Crippen molar-refractivity contribution in [3.05, 3.63) is 47.8 Å². The topological polar surface area (TPSA) is 106 Å². The number of rotatable bonds is 5. The Morgan fingerprint density at radius 2 is 1.84 bits per heavy atom. The Morgan fingerprint density at radius 1 is 1.16 bits per heavy atom. The lowest BCUT2D eigenvalue weighted by molar-refractivity contribution is 0.0730. The second-order valence-corrected chi connectivity index (χ2v) is 9.66. The highest BCUT2D eigenvalue weighted by Gasteiger charge is 2.26. The first-order valence-electron chi connectivity index (χ1n) is 10.1. The van der Waals surface area contributed by atoms with Crippen molar-refractivity contribution in [1.82, 2.24) is 19.1 Å². The molecule has 1 aromatic carbocycles. The van der Waals surface area contributed by atoms with Crippen LogP contribution < -0.4 is 5.32 Å². The zero-order valence-electron chi connectivity index (χ0n) is 17.7. The Hall–Kier alpha value is -2.82. The summed E-state index contributed by atoms with van der Waals surface area (Å²) >= 11 is 0. The van der Waals surface area contributed by atoms with Crippen LogP contribution >= 0.6 is 0 Å². The van der Waals surface area contributed by atoms with Crippen molar-refractivity contribution in [2.24, 2.45) is 0 Å². The first-order chi connectivity index (χ1) is 14.8. The average molecular weight is 444 g/mol. The van der Waals surface area contributed by atoms with E-state index in [4.69, 9.17) is 4.74 Å². The number of ether oxygens (including phenoxy) is 1. The molecule has 1 amide bonds. The molecule has 1 fully saturated rings. The fraction of sp³-hybridized carbons (Fsp3) is 0.381. The lowest BCUT2D eigenvalue weighted by Gasteiger charge is -2.26. The van der Waals surface area contributed by atoms with Gasteiger partial charge in [0.15, 0.2) is 5.65 Å². The summed E-state index contributed by atoms with van der Waals surface area (Å²) in [5.74, 6) is -0.303. The molecule has 3 heterocycles. The fourth-order valence-electron chi connectivity index (χ4n) is 3.55. The molecule has 10 heteroatoms. The van der Waals surface area contributed by atoms with Crippen LogP contribution in [0, 0.1) is 6.92 Å². The Bertz CT molecular complexity index is 1210. The molecular weight excluding hydrogens is 418 g/mol. The van der Waals surface area contributed by atoms with Crippen LogP contribution in [0.15, 0.2) is 41.4 Å². The van der Waals surface area contributed by atoms with Crippen molar-refractivity contribution < 1.29 is 17.9 Å². The highest BCUT2D eigenvalue weighted by Crippen LogP contribution is 2.23. The lowest BCUT2D eigenvalue weighted by atomic mass is 10.1. The normalized spacial score (nSPS) is 15.5. The quantitative estimate of drug-likeness (QED) is 0.650. The average Bonchev–Trinajstić information content (AvgIpc) is 3.18. The molecule has 164 valence electrons. The summed E-state index contributed by atoms with van der Waals surface area (Å²) in [4.78, 5) is 17.7. The number of nitrogens with one attached hydrogen (secondary N) is 1. The Balaban J connectivity index is 1.57. The van der Waals surface area contributed by atoms with Gasteiger partial charge in [0.1, 0.15) is 0 Å². The van der Waals surface area contributed by atoms with Gasteiger partial charge in [0, 0.05) is 30.5 Å². The third kappa shape index (κ3) is 4.18. The van der Waals surface area contributed by atoms with E-state index in [1.54, 1.807) is 29.1 Å². The number of amides is 1. The minimum atomic E-state index is -3.58. The third-order valence-corrected chi connectivity index (χ3v) is 7.06. The van der Waals surface area contributed by atoms with Gasteiger partial charge in [-0.25, -0.2) is 18.1 Å². The Kier molecular flexibility index (Phi) is 5.78. The van der Waals surface area contributed by atoms with Crippen molar-refractivity contribution in [1.29, 1.82) is 0 Å². The molecule has 1 saturated heterocycles. The van der Waals surface area contributed by atoms with Crippen molar-refractivity contribution in [2.75, 3.05) is 31.6 Å². The molecule has 0 unspecified atom stereocenters. The highest BCUT2D eigenvalue weighted by atomic mass is 32.2. The largest absolute Gasteiger partial charge is 0.379 e. The summed E-state index contributed by atoms with van der Waals surface area (Å²) in [6, 6.07) is 8.03. The van der Waals surface area contributed by atoms with Crippen LogP contribution in [0.2, 0.25) is 0 Å². The van der Waals surface area contributed by atoms with E-state index < -0.39 is 10.0 Å². The maximum atomic E-state index is 13.0. The van der Waals surface area contributed by atoms with Gasteiger partial charge in [-0.1, -0.05) is 0 Å². The Morgan fingerprint density at radius 3 is 2.48 bits per heavy atom. The maximum absolute atomic E-state index is 13.0. The molecular formula is C21H25N5O4S. The molecule has 2 aromatic heterocycles. The fourth-order valence-corrected chi connectivity index (χ4v) is 4.96. The van der Waals surface area contributed by atoms with Gasteiger partial charge < -0.3 is 10.1 Å². The highest BCUT2D eigenvalue weighted by molar-refractivity contribution is 7.89. The predicted molar refractivity (Wildman–Crippen MR) is 117 cm³/mol. The number of hydrogen-bond acceptors (Lipinski definition) is 6. The van der Waals surface area contributed by atoms with Crippen molar-refractivity contribution in [3.63, 3.8) is 0 Å². The molecule has 3 aromatic rings. The van der Waals surface area contributed by atoms with Crippen LogP contribution in [-0.4, -0.2) is 59.7 Å². The van der Waals surface area contributed by atoms with Crippen LogP contribution in [0.1, 0.15) is 35.9 Å². The molecule has 0 aliphatic carbocycles. The number of carbonyl (C=O) groups is 1. The van der Waals surface area contributed by atoms with Crippen molar-refractivity contribution in [2.45, 2.75) is 31.7 Å². The number of benzene rings is 1. The van der Waals surface area contributed by atoms with Crippen LogP contribution in [0.3, 0.4) is 0 Å². The van der Waals surface area contributed by atoms with Gasteiger partial charge in [-0.05, 0) is 51.1 Å². The maximum Gasteiger partial charge on any atom is 0.256 e. The van der Waals surface area contributed by atoms with Gasteiger partial charge in [-0.3, -0.25) is 4.79 Å². The molecule has 1 aliphatic heterocycles. The SMILES string of the molecule is Cc1cc(C(=O)Nc2ccc(S(=O)(=O)N3CCOCC3)cc2)c2cnn(C(C)C)c2n1. The summed E-state index contributed by atoms with van der Waals surface area (Å²) in [7, 11) is -3.58. The van der Waals surface area contributed by atoms with Gasteiger partial charge in [-0.2, -0.15) is 9.40 Å². The van der Waals surface area contributed by atoms with E-state index in [0.29, 0.717) is 54.3 Å². The molecule has 31 heavy (non-hydrogen) atoms. The van der Waals surface area contributed by atoms with E-state index in [2.05, 4.69) is 15.4 Å². The van der Waals surface area contributed by atoms with E-state index >= 15 is 0 Å². The molecule has 1 N–H and O–H groups in total. The summed E-state index contributed by atoms with van der Waals surface area (Å²) in [6.45, 7) is 7.29. The minimum absolute atomic E-state index is 0.115. The second-order valence-electron chi connectivity index (χ2n) is 7.73. The van der Waals surface area contributed by atoms with Gasteiger partial charge in [0.25, 0.3) is 5.91 Å². The molecule has 0 saturated carbocycles. The van der Waals surface area contributed by atoms with Gasteiger partial charge in [0.2, 0.25) is 10.0 Å². The third-order valence-electron chi connectivity index (χ3n) is 5.15. The molecule has 0 atom stereocenters. The number of carbonyl (C=O) groups excluding carboxylic acids is 1. The number of aromatic nitrogens is 3. The number of fused-ring (bicyclic) bond motifs is 1. The zero-order chi connectivity index (χ0) is 22.2. The van der Waals surface area contributed by atoms with Gasteiger partial charge >= 0.3 is 0 Å². The molecule has 1 aliphatic rings. The van der Waals surface area contributed by atoms with Gasteiger partial charge in [0.05, 0.1) is 35.3 Å². The molecule has 9 nitrogen and oxygen atoms in total. The summed E-state index contributed by atoms with van der Waals surface area (Å²) < 4.78 is 33.9. The number of aryl methyl sites for hydroxylation is 1. The second kappa shape index (κ2) is 8.37. The first-order valence-corrected chi connectivity index (χ1v) is 11.6. The number of nitrogens with zero attached hydrogens (tertiary/aromatic N) is 4. The number of anilines is 1. The zero-order valence-corrected chi connectivity index (χ0v) is 18.5. The predicted octanol–water partition coefficient (Wildman–Crippen LogP) is 2.59.